The molecule has 14 rings (SSSR count). The Hall–Kier alpha value is -9.87. The van der Waals surface area contributed by atoms with Crippen molar-refractivity contribution in [1.82, 2.24) is 13.7 Å². The van der Waals surface area contributed by atoms with Crippen LogP contribution in [0.25, 0.3) is 93.6 Å². The van der Waals surface area contributed by atoms with Gasteiger partial charge in [-0.2, -0.15) is 15.8 Å². The number of nitrogens with zero attached hydrogens (tertiary/aromatic N) is 7. The number of fused-ring (bicyclic) bond motifs is 12. The largest absolute Gasteiger partial charge is 0.330 e. The Morgan fingerprint density at radius 1 is 0.386 bits per heavy atom. The highest BCUT2D eigenvalue weighted by Crippen LogP contribution is 2.57. The summed E-state index contributed by atoms with van der Waals surface area (Å²) in [6, 6.07) is 72.3. The highest BCUT2D eigenvalue weighted by atomic mass is 15.2. The molecule has 2 atom stereocenters. The van der Waals surface area contributed by atoms with Gasteiger partial charge in [-0.1, -0.05) is 146 Å². The standard InChI is InChI=1S/C63H37N7/c64-36-39-30-32-40(33-31-39)60-50(37-65)61(68-53-25-11-4-18-42(53)43-19-5-12-26-54(43)68)63(62(51(60)38-66)69-55-27-13-6-20-44(55)45-21-7-14-28-56(45)69)70-57-29-15-9-23-47(57)49-34-58-48(35-59(49)70)46-22-8-10-24-52(46)67(58)41-16-2-1-3-17-41/h1-35,47,57H. The fourth-order valence-electron chi connectivity index (χ4n) is 11.8. The van der Waals surface area contributed by atoms with E-state index in [1.165, 1.54) is 0 Å². The minimum Gasteiger partial charge on any atom is -0.330 e. The maximum atomic E-state index is 12.1. The van der Waals surface area contributed by atoms with Crippen LogP contribution in [0.1, 0.15) is 28.2 Å². The monoisotopic (exact) mass is 891 g/mol. The number of rotatable bonds is 5. The summed E-state index contributed by atoms with van der Waals surface area (Å²) in [5.74, 6) is -0.0853. The molecule has 0 saturated heterocycles. The third-order valence-corrected chi connectivity index (χ3v) is 14.7. The van der Waals surface area contributed by atoms with Gasteiger partial charge in [0.2, 0.25) is 0 Å². The van der Waals surface area contributed by atoms with Crippen LogP contribution in [0.5, 0.6) is 0 Å². The van der Waals surface area contributed by atoms with E-state index in [1.54, 1.807) is 12.1 Å². The van der Waals surface area contributed by atoms with Gasteiger partial charge in [-0.25, -0.2) is 0 Å². The summed E-state index contributed by atoms with van der Waals surface area (Å²) in [7, 11) is 0. The van der Waals surface area contributed by atoms with Crippen LogP contribution in [0, 0.1) is 34.0 Å². The van der Waals surface area contributed by atoms with Gasteiger partial charge in [0.1, 0.15) is 12.1 Å². The number of benzene rings is 9. The van der Waals surface area contributed by atoms with Gasteiger partial charge in [0.15, 0.2) is 0 Å². The highest BCUT2D eigenvalue weighted by Gasteiger charge is 2.43. The quantitative estimate of drug-likeness (QED) is 0.172. The molecular weight excluding hydrogens is 855 g/mol. The number of para-hydroxylation sites is 6. The first-order chi connectivity index (χ1) is 34.7. The van der Waals surface area contributed by atoms with Crippen LogP contribution < -0.4 is 4.90 Å². The van der Waals surface area contributed by atoms with Crippen LogP contribution in [0.15, 0.2) is 212 Å². The molecule has 0 radical (unpaired) electrons. The lowest BCUT2D eigenvalue weighted by atomic mass is 9.88. The van der Waals surface area contributed by atoms with Crippen molar-refractivity contribution in [2.75, 3.05) is 4.90 Å². The number of hydrogen-bond donors (Lipinski definition) is 0. The first kappa shape index (κ1) is 39.3. The van der Waals surface area contributed by atoms with Crippen LogP contribution in [-0.4, -0.2) is 19.7 Å². The highest BCUT2D eigenvalue weighted by molar-refractivity contribution is 6.15. The van der Waals surface area contributed by atoms with Crippen molar-refractivity contribution in [2.24, 2.45) is 0 Å². The molecule has 4 heterocycles. The lowest BCUT2D eigenvalue weighted by molar-refractivity contribution is 0.742. The van der Waals surface area contributed by atoms with Gasteiger partial charge in [-0.3, -0.25) is 0 Å². The SMILES string of the molecule is N#Cc1ccc(-c2c(C#N)c(-n3c4ccccc4c4ccccc43)c(N3c4cc5c6ccccc6n(-c6ccccc6)c5cc4C4C=CC=CC43)c(-n3c4ccccc4c4ccccc43)c2C#N)cc1. The van der Waals surface area contributed by atoms with Gasteiger partial charge in [-0.15, -0.1) is 0 Å². The molecule has 0 N–H and O–H groups in total. The maximum absolute atomic E-state index is 12.1. The molecule has 9 aromatic carbocycles. The van der Waals surface area contributed by atoms with Crippen LogP contribution in [0.3, 0.4) is 0 Å². The zero-order valence-electron chi connectivity index (χ0n) is 37.5. The minimum atomic E-state index is -0.250. The number of nitriles is 3. The summed E-state index contributed by atoms with van der Waals surface area (Å²) in [6.45, 7) is 0. The number of hydrogen-bond acceptors (Lipinski definition) is 4. The summed E-state index contributed by atoms with van der Waals surface area (Å²) in [4.78, 5) is 2.44. The number of anilines is 2. The van der Waals surface area contributed by atoms with Crippen molar-refractivity contribution >= 4 is 76.8 Å². The Balaban J connectivity index is 1.23. The first-order valence-electron chi connectivity index (χ1n) is 23.5. The van der Waals surface area contributed by atoms with E-state index in [0.29, 0.717) is 39.2 Å². The van der Waals surface area contributed by atoms with E-state index in [-0.39, 0.29) is 12.0 Å². The van der Waals surface area contributed by atoms with Crippen LogP contribution in [-0.2, 0) is 0 Å². The molecule has 0 saturated carbocycles. The van der Waals surface area contributed by atoms with Crippen molar-refractivity contribution in [3.8, 4) is 46.4 Å². The smallest absolute Gasteiger partial charge is 0.102 e. The fourth-order valence-corrected chi connectivity index (χ4v) is 11.8. The summed E-state index contributed by atoms with van der Waals surface area (Å²) < 4.78 is 6.89. The molecule has 70 heavy (non-hydrogen) atoms. The molecular formula is C63H37N7. The predicted octanol–water partition coefficient (Wildman–Crippen LogP) is 15.0. The van der Waals surface area contributed by atoms with Crippen molar-refractivity contribution < 1.29 is 0 Å². The molecule has 3 aromatic heterocycles. The van der Waals surface area contributed by atoms with Crippen LogP contribution >= 0.6 is 0 Å². The molecule has 0 amide bonds. The molecule has 12 aromatic rings. The second kappa shape index (κ2) is 15.1. The third-order valence-electron chi connectivity index (χ3n) is 14.7. The average molecular weight is 892 g/mol. The molecule has 324 valence electrons. The summed E-state index contributed by atoms with van der Waals surface area (Å²) in [5.41, 5.74) is 13.6. The second-order valence-corrected chi connectivity index (χ2v) is 18.1. The van der Waals surface area contributed by atoms with Crippen LogP contribution in [0.4, 0.5) is 11.4 Å². The molecule has 2 aliphatic rings. The second-order valence-electron chi connectivity index (χ2n) is 18.1. The van der Waals surface area contributed by atoms with E-state index < -0.39 is 0 Å². The van der Waals surface area contributed by atoms with Crippen molar-refractivity contribution in [3.05, 3.63) is 235 Å². The maximum Gasteiger partial charge on any atom is 0.102 e. The van der Waals surface area contributed by atoms with E-state index in [2.05, 4.69) is 225 Å². The van der Waals surface area contributed by atoms with Gasteiger partial charge in [0.25, 0.3) is 0 Å². The number of aromatic nitrogens is 3. The Morgan fingerprint density at radius 3 is 1.34 bits per heavy atom. The Labute approximate surface area is 402 Å². The Morgan fingerprint density at radius 2 is 0.843 bits per heavy atom. The Kier molecular flexibility index (Phi) is 8.47. The lowest BCUT2D eigenvalue weighted by Gasteiger charge is -2.35. The molecule has 0 spiro atoms. The molecule has 2 unspecified atom stereocenters. The lowest BCUT2D eigenvalue weighted by Crippen LogP contribution is -2.31. The van der Waals surface area contributed by atoms with Crippen LogP contribution in [0.2, 0.25) is 0 Å². The molecule has 0 fully saturated rings. The predicted molar refractivity (Wildman–Crippen MR) is 282 cm³/mol. The van der Waals surface area contributed by atoms with E-state index >= 15 is 0 Å². The number of allylic oxidation sites excluding steroid dienone is 2. The minimum absolute atomic E-state index is 0.0853. The third kappa shape index (κ3) is 5.36. The summed E-state index contributed by atoms with van der Waals surface area (Å²) in [6.07, 6.45) is 8.84. The fraction of sp³-hybridized carbons (Fsp3) is 0.0317. The molecule has 0 bridgehead atoms. The van der Waals surface area contributed by atoms with Gasteiger partial charge in [-0.05, 0) is 77.9 Å². The zero-order valence-corrected chi connectivity index (χ0v) is 37.5. The van der Waals surface area contributed by atoms with Gasteiger partial charge < -0.3 is 18.6 Å². The average Bonchev–Trinajstić information content (AvgIpc) is 4.14. The van der Waals surface area contributed by atoms with E-state index in [1.807, 2.05) is 12.1 Å². The van der Waals surface area contributed by atoms with E-state index in [0.717, 1.165) is 88.0 Å². The van der Waals surface area contributed by atoms with E-state index in [9.17, 15) is 15.8 Å². The summed E-state index contributed by atoms with van der Waals surface area (Å²) in [5, 5.41) is 40.5. The van der Waals surface area contributed by atoms with Gasteiger partial charge in [0, 0.05) is 55.2 Å². The van der Waals surface area contributed by atoms with Crippen molar-refractivity contribution in [2.45, 2.75) is 12.0 Å². The first-order valence-corrected chi connectivity index (χ1v) is 23.5. The molecule has 7 nitrogen and oxygen atoms in total. The van der Waals surface area contributed by atoms with Gasteiger partial charge in [0.05, 0.1) is 79.0 Å². The van der Waals surface area contributed by atoms with Crippen molar-refractivity contribution in [3.63, 3.8) is 0 Å². The van der Waals surface area contributed by atoms with Crippen molar-refractivity contribution in [1.29, 1.82) is 15.8 Å². The topological polar surface area (TPSA) is 89.4 Å². The Bertz CT molecular complexity index is 4150. The molecule has 1 aliphatic heterocycles. The molecule has 1 aliphatic carbocycles. The van der Waals surface area contributed by atoms with E-state index in [4.69, 9.17) is 0 Å². The zero-order chi connectivity index (χ0) is 46.6. The molecule has 7 heteroatoms. The summed E-state index contributed by atoms with van der Waals surface area (Å²) >= 11 is 0. The normalized spacial score (nSPS) is 15.0. The van der Waals surface area contributed by atoms with Gasteiger partial charge >= 0.3 is 0 Å².